The van der Waals surface area contributed by atoms with Crippen molar-refractivity contribution in [1.82, 2.24) is 0 Å². The summed E-state index contributed by atoms with van der Waals surface area (Å²) < 4.78 is 21.9. The summed E-state index contributed by atoms with van der Waals surface area (Å²) in [5.41, 5.74) is 2.90. The second kappa shape index (κ2) is 10.9. The number of anilines is 1. The van der Waals surface area contributed by atoms with Crippen molar-refractivity contribution >= 4 is 23.1 Å². The molecule has 1 atom stereocenters. The van der Waals surface area contributed by atoms with Crippen LogP contribution in [0.5, 0.6) is 23.0 Å². The van der Waals surface area contributed by atoms with E-state index >= 15 is 0 Å². The third-order valence-electron chi connectivity index (χ3n) is 6.57. The highest BCUT2D eigenvalue weighted by Gasteiger charge is 2.47. The number of benzene rings is 3. The average molecular weight is 518 g/mol. The number of methoxy groups -OCH3 is 3. The number of hydrogen-bond donors (Lipinski definition) is 1. The van der Waals surface area contributed by atoms with Gasteiger partial charge in [0.1, 0.15) is 17.3 Å². The van der Waals surface area contributed by atoms with E-state index in [0.29, 0.717) is 52.0 Å². The summed E-state index contributed by atoms with van der Waals surface area (Å²) in [6.07, 6.45) is 0. The topological polar surface area (TPSA) is 94.5 Å². The highest BCUT2D eigenvalue weighted by molar-refractivity contribution is 6.51. The van der Waals surface area contributed by atoms with Crippen LogP contribution in [-0.4, -0.2) is 44.7 Å². The lowest BCUT2D eigenvalue weighted by atomic mass is 9.92. The average Bonchev–Trinajstić information content (AvgIpc) is 3.19. The van der Waals surface area contributed by atoms with E-state index in [4.69, 9.17) is 18.9 Å². The number of hydrogen-bond acceptors (Lipinski definition) is 7. The number of carbonyl (C=O) groups excluding carboxylic acids is 2. The summed E-state index contributed by atoms with van der Waals surface area (Å²) >= 11 is 0. The molecule has 0 aliphatic carbocycles. The Hall–Kier alpha value is -4.46. The zero-order valence-corrected chi connectivity index (χ0v) is 22.3. The van der Waals surface area contributed by atoms with Crippen molar-refractivity contribution in [1.29, 1.82) is 0 Å². The van der Waals surface area contributed by atoms with Crippen LogP contribution in [-0.2, 0) is 9.59 Å². The summed E-state index contributed by atoms with van der Waals surface area (Å²) in [5, 5.41) is 11.6. The lowest BCUT2D eigenvalue weighted by molar-refractivity contribution is -0.132. The molecule has 198 valence electrons. The van der Waals surface area contributed by atoms with Gasteiger partial charge < -0.3 is 24.1 Å². The molecule has 38 heavy (non-hydrogen) atoms. The molecular weight excluding hydrogens is 486 g/mol. The Labute approximate surface area is 222 Å². The van der Waals surface area contributed by atoms with E-state index in [-0.39, 0.29) is 11.3 Å². The number of aryl methyl sites for hydroxylation is 2. The number of amides is 1. The van der Waals surface area contributed by atoms with E-state index in [0.717, 1.165) is 5.56 Å². The van der Waals surface area contributed by atoms with Gasteiger partial charge in [-0.3, -0.25) is 14.5 Å². The molecule has 8 heteroatoms. The van der Waals surface area contributed by atoms with Crippen molar-refractivity contribution in [3.63, 3.8) is 0 Å². The fourth-order valence-corrected chi connectivity index (χ4v) is 4.74. The summed E-state index contributed by atoms with van der Waals surface area (Å²) in [5.74, 6) is 0.307. The molecule has 3 aromatic carbocycles. The Kier molecular flexibility index (Phi) is 7.62. The maximum atomic E-state index is 13.6. The Morgan fingerprint density at radius 2 is 1.58 bits per heavy atom. The van der Waals surface area contributed by atoms with Gasteiger partial charge in [0.15, 0.2) is 11.5 Å². The minimum Gasteiger partial charge on any atom is -0.507 e. The van der Waals surface area contributed by atoms with Crippen LogP contribution in [0.4, 0.5) is 5.69 Å². The van der Waals surface area contributed by atoms with Gasteiger partial charge in [0.2, 0.25) is 0 Å². The zero-order valence-electron chi connectivity index (χ0n) is 22.3. The molecule has 1 saturated heterocycles. The molecule has 0 saturated carbocycles. The van der Waals surface area contributed by atoms with Crippen LogP contribution < -0.4 is 23.8 Å². The first-order valence-corrected chi connectivity index (χ1v) is 12.2. The molecule has 1 unspecified atom stereocenters. The van der Waals surface area contributed by atoms with Gasteiger partial charge in [-0.2, -0.15) is 0 Å². The molecule has 1 fully saturated rings. The number of Topliss-reactive ketones (excluding diaryl/α,β-unsaturated/α-hetero) is 1. The van der Waals surface area contributed by atoms with Gasteiger partial charge in [-0.25, -0.2) is 0 Å². The minimum absolute atomic E-state index is 0.0308. The van der Waals surface area contributed by atoms with Gasteiger partial charge in [0, 0.05) is 17.3 Å². The van der Waals surface area contributed by atoms with E-state index in [2.05, 4.69) is 0 Å². The Bertz CT molecular complexity index is 1430. The lowest BCUT2D eigenvalue weighted by Crippen LogP contribution is -2.29. The third-order valence-corrected chi connectivity index (χ3v) is 6.57. The number of nitrogens with zero attached hydrogens (tertiary/aromatic N) is 1. The molecule has 0 aromatic heterocycles. The maximum Gasteiger partial charge on any atom is 0.300 e. The molecule has 1 amide bonds. The van der Waals surface area contributed by atoms with E-state index in [1.165, 1.54) is 19.1 Å². The van der Waals surface area contributed by atoms with E-state index in [1.807, 2.05) is 20.8 Å². The van der Waals surface area contributed by atoms with Gasteiger partial charge >= 0.3 is 0 Å². The summed E-state index contributed by atoms with van der Waals surface area (Å²) in [4.78, 5) is 28.5. The third kappa shape index (κ3) is 4.65. The number of rotatable bonds is 8. The van der Waals surface area contributed by atoms with Crippen molar-refractivity contribution in [2.45, 2.75) is 26.8 Å². The van der Waals surface area contributed by atoms with Gasteiger partial charge in [-0.15, -0.1) is 0 Å². The summed E-state index contributed by atoms with van der Waals surface area (Å²) in [6.45, 7) is 5.96. The second-order valence-corrected chi connectivity index (χ2v) is 8.85. The Morgan fingerprint density at radius 1 is 0.868 bits per heavy atom. The normalized spacial score (nSPS) is 16.5. The van der Waals surface area contributed by atoms with Gasteiger partial charge in [-0.1, -0.05) is 12.1 Å². The fourth-order valence-electron chi connectivity index (χ4n) is 4.74. The predicted molar refractivity (Wildman–Crippen MR) is 144 cm³/mol. The number of ketones is 1. The minimum atomic E-state index is -0.937. The van der Waals surface area contributed by atoms with Crippen LogP contribution in [0.3, 0.4) is 0 Å². The fraction of sp³-hybridized carbons (Fsp3) is 0.267. The van der Waals surface area contributed by atoms with Crippen molar-refractivity contribution in [2.75, 3.05) is 32.8 Å². The lowest BCUT2D eigenvalue weighted by Gasteiger charge is -2.26. The molecule has 0 radical (unpaired) electrons. The van der Waals surface area contributed by atoms with Gasteiger partial charge in [0.25, 0.3) is 11.7 Å². The monoisotopic (exact) mass is 517 g/mol. The molecule has 0 spiro atoms. The highest BCUT2D eigenvalue weighted by atomic mass is 16.5. The highest BCUT2D eigenvalue weighted by Crippen LogP contribution is 2.45. The summed E-state index contributed by atoms with van der Waals surface area (Å²) in [6, 6.07) is 14.7. The van der Waals surface area contributed by atoms with E-state index in [1.54, 1.807) is 61.7 Å². The molecule has 3 aromatic rings. The first kappa shape index (κ1) is 26.6. The largest absolute Gasteiger partial charge is 0.507 e. The van der Waals surface area contributed by atoms with Gasteiger partial charge in [0.05, 0.1) is 39.6 Å². The molecule has 1 aliphatic heterocycles. The van der Waals surface area contributed by atoms with Crippen LogP contribution in [0.15, 0.2) is 60.2 Å². The first-order valence-electron chi connectivity index (χ1n) is 12.2. The summed E-state index contributed by atoms with van der Waals surface area (Å²) in [7, 11) is 4.60. The van der Waals surface area contributed by atoms with E-state index < -0.39 is 17.7 Å². The molecular formula is C30H31NO7. The number of aliphatic hydroxyl groups excluding tert-OH is 1. The van der Waals surface area contributed by atoms with Crippen LogP contribution in [0, 0.1) is 13.8 Å². The van der Waals surface area contributed by atoms with Crippen molar-refractivity contribution in [2.24, 2.45) is 0 Å². The zero-order chi connectivity index (χ0) is 27.6. The van der Waals surface area contributed by atoms with Crippen molar-refractivity contribution in [3.8, 4) is 23.0 Å². The molecule has 4 rings (SSSR count). The van der Waals surface area contributed by atoms with Crippen LogP contribution in [0.2, 0.25) is 0 Å². The van der Waals surface area contributed by atoms with Crippen LogP contribution in [0.25, 0.3) is 5.76 Å². The maximum absolute atomic E-state index is 13.6. The molecule has 8 nitrogen and oxygen atoms in total. The molecule has 1 aliphatic rings. The number of ether oxygens (including phenoxy) is 4. The van der Waals surface area contributed by atoms with Crippen LogP contribution >= 0.6 is 0 Å². The molecule has 0 bridgehead atoms. The number of aliphatic hydroxyl groups is 1. The molecule has 1 heterocycles. The first-order chi connectivity index (χ1) is 18.2. The quantitative estimate of drug-likeness (QED) is 0.244. The van der Waals surface area contributed by atoms with Gasteiger partial charge in [-0.05, 0) is 73.9 Å². The van der Waals surface area contributed by atoms with Crippen molar-refractivity contribution < 1.29 is 33.6 Å². The SMILES string of the molecule is CCOc1cccc(N2C(=O)C(=O)/C(=C(/O)c3cc(C)c(OC)cc3C)C2c2ccc(OC)c(OC)c2)c1. The predicted octanol–water partition coefficient (Wildman–Crippen LogP) is 5.35. The standard InChI is InChI=1S/C30H31NO7/c1-7-38-21-10-8-9-20(16-21)31-27(19-11-12-23(35-4)25(15-19)37-6)26(29(33)30(31)34)28(32)22-13-18(3)24(36-5)14-17(22)2/h8-16,27,32H,7H2,1-6H3/b28-26+. The van der Waals surface area contributed by atoms with Crippen LogP contribution in [0.1, 0.15) is 35.2 Å². The number of carbonyl (C=O) groups is 2. The van der Waals surface area contributed by atoms with E-state index in [9.17, 15) is 14.7 Å². The van der Waals surface area contributed by atoms with Crippen molar-refractivity contribution in [3.05, 3.63) is 82.4 Å². The smallest absolute Gasteiger partial charge is 0.300 e. The Morgan fingerprint density at radius 3 is 2.24 bits per heavy atom. The Balaban J connectivity index is 1.99. The molecule has 1 N–H and O–H groups in total. The second-order valence-electron chi connectivity index (χ2n) is 8.85.